The summed E-state index contributed by atoms with van der Waals surface area (Å²) in [7, 11) is 0. The number of esters is 1. The van der Waals surface area contributed by atoms with E-state index in [1.165, 1.54) is 16.7 Å². The average Bonchev–Trinajstić information content (AvgIpc) is 3.10. The second-order valence-corrected chi connectivity index (χ2v) is 7.92. The highest BCUT2D eigenvalue weighted by Gasteiger charge is 2.31. The number of hydrogen-bond acceptors (Lipinski definition) is 3. The second kappa shape index (κ2) is 7.84. The zero-order valence-corrected chi connectivity index (χ0v) is 16.5. The number of hydrogen-bond donors (Lipinski definition) is 0. The summed E-state index contributed by atoms with van der Waals surface area (Å²) in [5, 5.41) is 0. The normalized spacial score (nSPS) is 20.8. The summed E-state index contributed by atoms with van der Waals surface area (Å²) in [6.45, 7) is 2.04. The lowest BCUT2D eigenvalue weighted by atomic mass is 9.88. The van der Waals surface area contributed by atoms with Crippen LogP contribution < -0.4 is 0 Å². The van der Waals surface area contributed by atoms with Crippen molar-refractivity contribution in [1.29, 1.82) is 0 Å². The van der Waals surface area contributed by atoms with Gasteiger partial charge in [0.2, 0.25) is 0 Å². The van der Waals surface area contributed by atoms with E-state index in [2.05, 4.69) is 59.5 Å². The molecule has 0 saturated carbocycles. The zero-order chi connectivity index (χ0) is 19.6. The maximum absolute atomic E-state index is 12.1. The molecule has 3 aromatic rings. The van der Waals surface area contributed by atoms with Crippen LogP contribution in [-0.4, -0.2) is 24.0 Å². The maximum atomic E-state index is 12.1. The number of nitrogens with zero attached hydrogens (tertiary/aromatic N) is 1. The van der Waals surface area contributed by atoms with Gasteiger partial charge in [0.25, 0.3) is 0 Å². The third kappa shape index (κ3) is 3.47. The number of rotatable bonds is 5. The Hall–Kier alpha value is -2.91. The summed E-state index contributed by atoms with van der Waals surface area (Å²) in [5.74, 6) is -0.181. The van der Waals surface area contributed by atoms with Crippen molar-refractivity contribution in [3.63, 3.8) is 0 Å². The van der Waals surface area contributed by atoms with Crippen LogP contribution in [0.25, 0.3) is 0 Å². The largest absolute Gasteiger partial charge is 0.454 e. The molecule has 2 aliphatic heterocycles. The van der Waals surface area contributed by atoms with Gasteiger partial charge in [-0.25, -0.2) is 4.79 Å². The number of carbonyl (C=O) groups is 1. The van der Waals surface area contributed by atoms with E-state index >= 15 is 0 Å². The molecule has 0 bridgehead atoms. The first-order valence-corrected chi connectivity index (χ1v) is 10.5. The predicted molar refractivity (Wildman–Crippen MR) is 114 cm³/mol. The van der Waals surface area contributed by atoms with Crippen LogP contribution in [0.5, 0.6) is 0 Å². The van der Waals surface area contributed by atoms with Crippen LogP contribution in [0.2, 0.25) is 0 Å². The fraction of sp³-hybridized carbons (Fsp3) is 0.269. The molecule has 5 rings (SSSR count). The Kier molecular flexibility index (Phi) is 4.91. The topological polar surface area (TPSA) is 29.5 Å². The molecule has 3 heteroatoms. The highest BCUT2D eigenvalue weighted by molar-refractivity contribution is 5.93. The maximum Gasteiger partial charge on any atom is 0.339 e. The Morgan fingerprint density at radius 2 is 1.59 bits per heavy atom. The Morgan fingerprint density at radius 3 is 2.45 bits per heavy atom. The molecule has 0 spiro atoms. The number of benzene rings is 3. The molecule has 0 amide bonds. The van der Waals surface area contributed by atoms with Crippen molar-refractivity contribution < 1.29 is 9.53 Å². The van der Waals surface area contributed by atoms with Gasteiger partial charge >= 0.3 is 5.97 Å². The Labute approximate surface area is 171 Å². The standard InChI is InChI=1S/C26H25NO2/c28-26-23-14-7-6-13-22(23)24(29-26)15-8-17-27-18-16-19-9-4-5-12-21(19)25(27)20-10-2-1-3-11-20/h1-7,9-14,24-25H,8,15-18H2. The van der Waals surface area contributed by atoms with Gasteiger partial charge in [-0.1, -0.05) is 72.8 Å². The summed E-state index contributed by atoms with van der Waals surface area (Å²) in [6, 6.07) is 27.7. The van der Waals surface area contributed by atoms with Crippen LogP contribution >= 0.6 is 0 Å². The summed E-state index contributed by atoms with van der Waals surface area (Å²) in [4.78, 5) is 14.7. The van der Waals surface area contributed by atoms with E-state index < -0.39 is 0 Å². The molecule has 0 saturated heterocycles. The molecule has 2 atom stereocenters. The van der Waals surface area contributed by atoms with Crippen molar-refractivity contribution >= 4 is 5.97 Å². The highest BCUT2D eigenvalue weighted by atomic mass is 16.5. The Bertz CT molecular complexity index is 1010. The summed E-state index contributed by atoms with van der Waals surface area (Å²) >= 11 is 0. The predicted octanol–water partition coefficient (Wildman–Crippen LogP) is 5.33. The van der Waals surface area contributed by atoms with Crippen LogP contribution in [0, 0.1) is 0 Å². The first-order valence-electron chi connectivity index (χ1n) is 10.5. The second-order valence-electron chi connectivity index (χ2n) is 7.92. The molecule has 29 heavy (non-hydrogen) atoms. The zero-order valence-electron chi connectivity index (χ0n) is 16.5. The lowest BCUT2D eigenvalue weighted by molar-refractivity contribution is 0.0355. The van der Waals surface area contributed by atoms with Crippen LogP contribution in [0.3, 0.4) is 0 Å². The first-order chi connectivity index (χ1) is 14.3. The van der Waals surface area contributed by atoms with Gasteiger partial charge in [0.1, 0.15) is 6.10 Å². The molecule has 3 nitrogen and oxygen atoms in total. The van der Waals surface area contributed by atoms with Crippen molar-refractivity contribution in [1.82, 2.24) is 4.90 Å². The Balaban J connectivity index is 1.33. The van der Waals surface area contributed by atoms with Gasteiger partial charge < -0.3 is 4.74 Å². The van der Waals surface area contributed by atoms with Crippen molar-refractivity contribution in [2.75, 3.05) is 13.1 Å². The molecule has 2 heterocycles. The molecule has 2 unspecified atom stereocenters. The number of cyclic esters (lactones) is 1. The van der Waals surface area contributed by atoms with E-state index in [1.54, 1.807) is 0 Å². The molecular weight excluding hydrogens is 358 g/mol. The highest BCUT2D eigenvalue weighted by Crippen LogP contribution is 2.37. The van der Waals surface area contributed by atoms with E-state index in [-0.39, 0.29) is 12.1 Å². The smallest absolute Gasteiger partial charge is 0.339 e. The average molecular weight is 383 g/mol. The summed E-state index contributed by atoms with van der Waals surface area (Å²) in [5.41, 5.74) is 5.99. The third-order valence-electron chi connectivity index (χ3n) is 6.19. The van der Waals surface area contributed by atoms with Gasteiger partial charge in [0.15, 0.2) is 0 Å². The van der Waals surface area contributed by atoms with Gasteiger partial charge in [0.05, 0.1) is 11.6 Å². The van der Waals surface area contributed by atoms with Gasteiger partial charge in [0, 0.05) is 12.1 Å². The molecule has 3 aromatic carbocycles. The molecule has 146 valence electrons. The van der Waals surface area contributed by atoms with E-state index in [0.717, 1.165) is 43.5 Å². The van der Waals surface area contributed by atoms with Crippen LogP contribution in [0.15, 0.2) is 78.9 Å². The lowest BCUT2D eigenvalue weighted by Gasteiger charge is -2.38. The quantitative estimate of drug-likeness (QED) is 0.558. The number of fused-ring (bicyclic) bond motifs is 2. The van der Waals surface area contributed by atoms with E-state index in [0.29, 0.717) is 6.04 Å². The summed E-state index contributed by atoms with van der Waals surface area (Å²) in [6.07, 6.45) is 2.84. The van der Waals surface area contributed by atoms with E-state index in [9.17, 15) is 4.79 Å². The molecule has 0 N–H and O–H groups in total. The molecule has 2 aliphatic rings. The van der Waals surface area contributed by atoms with Gasteiger partial charge in [-0.15, -0.1) is 0 Å². The number of carbonyl (C=O) groups excluding carboxylic acids is 1. The van der Waals surface area contributed by atoms with Crippen molar-refractivity contribution in [3.05, 3.63) is 107 Å². The van der Waals surface area contributed by atoms with Crippen LogP contribution in [0.1, 0.15) is 57.6 Å². The van der Waals surface area contributed by atoms with Gasteiger partial charge in [-0.05, 0) is 48.6 Å². The number of ether oxygens (including phenoxy) is 1. The van der Waals surface area contributed by atoms with E-state index in [4.69, 9.17) is 4.74 Å². The van der Waals surface area contributed by atoms with Gasteiger partial charge in [-0.3, -0.25) is 4.90 Å². The summed E-state index contributed by atoms with van der Waals surface area (Å²) < 4.78 is 5.63. The molecule has 0 aromatic heterocycles. The third-order valence-corrected chi connectivity index (χ3v) is 6.19. The van der Waals surface area contributed by atoms with E-state index in [1.807, 2.05) is 24.3 Å². The Morgan fingerprint density at radius 1 is 0.862 bits per heavy atom. The minimum atomic E-state index is -0.181. The van der Waals surface area contributed by atoms with Crippen LogP contribution in [-0.2, 0) is 11.2 Å². The molecule has 0 aliphatic carbocycles. The van der Waals surface area contributed by atoms with Crippen molar-refractivity contribution in [2.24, 2.45) is 0 Å². The molecule has 0 fully saturated rings. The molecule has 0 radical (unpaired) electrons. The SMILES string of the molecule is O=C1OC(CCCN2CCc3ccccc3C2c2ccccc2)c2ccccc21. The van der Waals surface area contributed by atoms with Crippen molar-refractivity contribution in [3.8, 4) is 0 Å². The van der Waals surface area contributed by atoms with Crippen LogP contribution in [0.4, 0.5) is 0 Å². The first kappa shape index (κ1) is 18.1. The minimum absolute atomic E-state index is 0.106. The lowest BCUT2D eigenvalue weighted by Crippen LogP contribution is -2.36. The fourth-order valence-electron chi connectivity index (χ4n) is 4.80. The van der Waals surface area contributed by atoms with Gasteiger partial charge in [-0.2, -0.15) is 0 Å². The fourth-order valence-corrected chi connectivity index (χ4v) is 4.80. The minimum Gasteiger partial charge on any atom is -0.454 e. The monoisotopic (exact) mass is 383 g/mol. The molecular formula is C26H25NO2. The van der Waals surface area contributed by atoms with Crippen molar-refractivity contribution in [2.45, 2.75) is 31.4 Å².